The number of hydrazone groups is 1. The van der Waals surface area contributed by atoms with Crippen LogP contribution in [0.5, 0.6) is 17.2 Å². The Morgan fingerprint density at radius 2 is 1.65 bits per heavy atom. The van der Waals surface area contributed by atoms with Crippen LogP contribution in [-0.2, 0) is 29.0 Å². The number of halogens is 3. The number of carbonyl (C=O) groups excluding carboxylic acids is 2. The number of carbonyl (C=O) groups is 2. The Morgan fingerprint density at radius 3 is 2.39 bits per heavy atom. The Morgan fingerprint density at radius 1 is 0.878 bits per heavy atom. The SMILES string of the molecule is C=CCc1cc(/C=N\NC(=O)[C@H](Cc2ccccc2)NC(=O)CCCOc2ccc(Cl)cc2Cl)cc(OCC)c1OCc1ccccc1Cl. The molecule has 0 radical (unpaired) electrons. The van der Waals surface area contributed by atoms with Gasteiger partial charge in [-0.3, -0.25) is 9.59 Å². The Bertz CT molecular complexity index is 1750. The number of hydrogen-bond acceptors (Lipinski definition) is 6. The van der Waals surface area contributed by atoms with Crippen LogP contribution < -0.4 is 25.0 Å². The van der Waals surface area contributed by atoms with Crippen LogP contribution in [0.15, 0.2) is 103 Å². The average Bonchev–Trinajstić information content (AvgIpc) is 3.08. The molecule has 0 aliphatic rings. The van der Waals surface area contributed by atoms with Crippen molar-refractivity contribution >= 4 is 52.8 Å². The van der Waals surface area contributed by atoms with Gasteiger partial charge >= 0.3 is 0 Å². The first-order valence-electron chi connectivity index (χ1n) is 15.8. The number of allylic oxidation sites excluding steroid dienone is 1. The second-order valence-corrected chi connectivity index (χ2v) is 12.1. The first kappa shape index (κ1) is 37.3. The number of ether oxygens (including phenoxy) is 3. The quantitative estimate of drug-likeness (QED) is 0.0466. The van der Waals surface area contributed by atoms with E-state index in [1.807, 2.05) is 67.6 Å². The van der Waals surface area contributed by atoms with Crippen LogP contribution in [-0.4, -0.2) is 37.3 Å². The molecule has 4 aromatic carbocycles. The normalized spacial score (nSPS) is 11.5. The van der Waals surface area contributed by atoms with Crippen molar-refractivity contribution in [2.75, 3.05) is 13.2 Å². The zero-order chi connectivity index (χ0) is 35.0. The molecule has 0 fully saturated rings. The van der Waals surface area contributed by atoms with E-state index < -0.39 is 11.9 Å². The zero-order valence-corrected chi connectivity index (χ0v) is 29.4. The molecule has 1 atom stereocenters. The summed E-state index contributed by atoms with van der Waals surface area (Å²) < 4.78 is 17.8. The highest BCUT2D eigenvalue weighted by Crippen LogP contribution is 2.35. The van der Waals surface area contributed by atoms with Crippen LogP contribution >= 0.6 is 34.8 Å². The van der Waals surface area contributed by atoms with Crippen molar-refractivity contribution in [2.45, 2.75) is 45.3 Å². The van der Waals surface area contributed by atoms with Crippen molar-refractivity contribution in [3.05, 3.63) is 135 Å². The summed E-state index contributed by atoms with van der Waals surface area (Å²) in [4.78, 5) is 26.2. The molecule has 0 heterocycles. The lowest BCUT2D eigenvalue weighted by atomic mass is 10.1. The fourth-order valence-corrected chi connectivity index (χ4v) is 5.49. The number of benzene rings is 4. The van der Waals surface area contributed by atoms with Gasteiger partial charge in [-0.1, -0.05) is 89.4 Å². The molecular weight excluding hydrogens is 685 g/mol. The van der Waals surface area contributed by atoms with E-state index in [0.29, 0.717) is 57.3 Å². The molecule has 49 heavy (non-hydrogen) atoms. The summed E-state index contributed by atoms with van der Waals surface area (Å²) in [5.41, 5.74) is 5.82. The van der Waals surface area contributed by atoms with E-state index in [-0.39, 0.29) is 32.0 Å². The van der Waals surface area contributed by atoms with E-state index in [2.05, 4.69) is 22.4 Å². The molecule has 2 amide bonds. The summed E-state index contributed by atoms with van der Waals surface area (Å²) >= 11 is 18.4. The number of rotatable bonds is 18. The molecule has 256 valence electrons. The fourth-order valence-electron chi connectivity index (χ4n) is 4.84. The highest BCUT2D eigenvalue weighted by molar-refractivity contribution is 6.35. The highest BCUT2D eigenvalue weighted by Gasteiger charge is 2.21. The Kier molecular flexibility index (Phi) is 14.8. The molecule has 2 N–H and O–H groups in total. The van der Waals surface area contributed by atoms with Gasteiger partial charge in [-0.15, -0.1) is 6.58 Å². The minimum Gasteiger partial charge on any atom is -0.492 e. The topological polar surface area (TPSA) is 98.3 Å². The van der Waals surface area contributed by atoms with Gasteiger partial charge in [-0.25, -0.2) is 5.43 Å². The maximum atomic E-state index is 13.3. The van der Waals surface area contributed by atoms with Crippen LogP contribution in [0, 0.1) is 0 Å². The van der Waals surface area contributed by atoms with Crippen LogP contribution in [0.25, 0.3) is 0 Å². The summed E-state index contributed by atoms with van der Waals surface area (Å²) in [6.45, 7) is 6.69. The minimum absolute atomic E-state index is 0.143. The predicted octanol–water partition coefficient (Wildman–Crippen LogP) is 8.39. The maximum Gasteiger partial charge on any atom is 0.262 e. The zero-order valence-electron chi connectivity index (χ0n) is 27.1. The fraction of sp³-hybridized carbons (Fsp3) is 0.237. The van der Waals surface area contributed by atoms with E-state index in [4.69, 9.17) is 49.0 Å². The second kappa shape index (κ2) is 19.5. The van der Waals surface area contributed by atoms with Crippen molar-refractivity contribution in [1.82, 2.24) is 10.7 Å². The molecule has 8 nitrogen and oxygen atoms in total. The number of amides is 2. The molecular formula is C38H38Cl3N3O5. The molecule has 0 unspecified atom stereocenters. The largest absolute Gasteiger partial charge is 0.492 e. The standard InChI is InChI=1S/C38H38Cl3N3O5/c1-3-11-28-20-27(22-35(47-4-2)37(28)49-25-29-14-8-9-15-31(29)40)24-42-44-38(46)33(21-26-12-6-5-7-13-26)43-36(45)16-10-19-48-34-18-17-30(39)23-32(34)41/h3,5-9,12-15,17-18,20,22-24,33H,1,4,10-11,16,19,21,25H2,2H3,(H,43,45)(H,44,46)/b42-24-/t33-/m0/s1. The summed E-state index contributed by atoms with van der Waals surface area (Å²) in [5, 5.41) is 8.56. The van der Waals surface area contributed by atoms with Gasteiger partial charge < -0.3 is 19.5 Å². The van der Waals surface area contributed by atoms with Crippen molar-refractivity contribution in [1.29, 1.82) is 0 Å². The first-order valence-corrected chi connectivity index (χ1v) is 16.9. The van der Waals surface area contributed by atoms with Crippen molar-refractivity contribution in [3.63, 3.8) is 0 Å². The van der Waals surface area contributed by atoms with Crippen LogP contribution in [0.4, 0.5) is 0 Å². The molecule has 0 saturated heterocycles. The lowest BCUT2D eigenvalue weighted by molar-refractivity contribution is -0.129. The van der Waals surface area contributed by atoms with E-state index in [0.717, 1.165) is 16.7 Å². The molecule has 4 rings (SSSR count). The van der Waals surface area contributed by atoms with Crippen LogP contribution in [0.3, 0.4) is 0 Å². The lowest BCUT2D eigenvalue weighted by Gasteiger charge is -2.18. The summed E-state index contributed by atoms with van der Waals surface area (Å²) in [5.74, 6) is 0.825. The van der Waals surface area contributed by atoms with Crippen LogP contribution in [0.1, 0.15) is 42.0 Å². The molecule has 11 heteroatoms. The second-order valence-electron chi connectivity index (χ2n) is 10.9. The van der Waals surface area contributed by atoms with Gasteiger partial charge in [0.15, 0.2) is 11.5 Å². The Hall–Kier alpha value is -4.50. The van der Waals surface area contributed by atoms with E-state index in [1.165, 1.54) is 6.21 Å². The van der Waals surface area contributed by atoms with Gasteiger partial charge in [0.1, 0.15) is 18.4 Å². The van der Waals surface area contributed by atoms with E-state index in [1.54, 1.807) is 30.3 Å². The minimum atomic E-state index is -0.866. The number of nitrogens with zero attached hydrogens (tertiary/aromatic N) is 1. The maximum absolute atomic E-state index is 13.3. The third-order valence-electron chi connectivity index (χ3n) is 7.17. The van der Waals surface area contributed by atoms with Crippen molar-refractivity contribution < 1.29 is 23.8 Å². The molecule has 0 aliphatic heterocycles. The molecule has 0 aliphatic carbocycles. The number of nitrogens with one attached hydrogen (secondary N) is 2. The molecule has 0 bridgehead atoms. The van der Waals surface area contributed by atoms with Crippen LogP contribution in [0.2, 0.25) is 15.1 Å². The first-order chi connectivity index (χ1) is 23.8. The average molecular weight is 723 g/mol. The summed E-state index contributed by atoms with van der Waals surface area (Å²) in [6.07, 6.45) is 4.63. The Labute approximate surface area is 302 Å². The highest BCUT2D eigenvalue weighted by atomic mass is 35.5. The monoisotopic (exact) mass is 721 g/mol. The lowest BCUT2D eigenvalue weighted by Crippen LogP contribution is -2.46. The van der Waals surface area contributed by atoms with Crippen molar-refractivity contribution in [2.24, 2.45) is 5.10 Å². The van der Waals surface area contributed by atoms with Gasteiger partial charge in [0.05, 0.1) is 24.5 Å². The molecule has 0 saturated carbocycles. The summed E-state index contributed by atoms with van der Waals surface area (Å²) in [7, 11) is 0. The molecule has 0 spiro atoms. The van der Waals surface area contributed by atoms with Gasteiger partial charge in [0.25, 0.3) is 5.91 Å². The smallest absolute Gasteiger partial charge is 0.262 e. The summed E-state index contributed by atoms with van der Waals surface area (Å²) in [6, 6.07) is 24.7. The third kappa shape index (κ3) is 11.9. The van der Waals surface area contributed by atoms with Gasteiger partial charge in [-0.2, -0.15) is 5.10 Å². The van der Waals surface area contributed by atoms with E-state index in [9.17, 15) is 9.59 Å². The van der Waals surface area contributed by atoms with Gasteiger partial charge in [-0.05, 0) is 67.3 Å². The van der Waals surface area contributed by atoms with Gasteiger partial charge in [0.2, 0.25) is 5.91 Å². The number of hydrogen-bond donors (Lipinski definition) is 2. The van der Waals surface area contributed by atoms with Gasteiger partial charge in [0, 0.05) is 34.0 Å². The van der Waals surface area contributed by atoms with Crippen molar-refractivity contribution in [3.8, 4) is 17.2 Å². The third-order valence-corrected chi connectivity index (χ3v) is 8.07. The molecule has 0 aromatic heterocycles. The molecule has 4 aromatic rings. The van der Waals surface area contributed by atoms with E-state index >= 15 is 0 Å². The Balaban J connectivity index is 1.42. The predicted molar refractivity (Wildman–Crippen MR) is 196 cm³/mol.